The van der Waals surface area contributed by atoms with Crippen molar-refractivity contribution in [3.05, 3.63) is 30.1 Å². The minimum absolute atomic E-state index is 0. The van der Waals surface area contributed by atoms with Crippen molar-refractivity contribution in [3.63, 3.8) is 0 Å². The second-order valence-electron chi connectivity index (χ2n) is 2.93. The molecular weight excluding hydrogens is 426 g/mol. The maximum absolute atomic E-state index is 10.2. The fraction of sp³-hybridized carbons (Fsp3) is 0.250. The molecule has 11 N–H and O–H groups in total. The monoisotopic (exact) mass is 445 g/mol. The number of halogens is 1. The number of rotatable bonds is 4. The molecule has 1 aromatic heterocycles. The first kappa shape index (κ1) is 38.6. The van der Waals surface area contributed by atoms with Crippen LogP contribution in [-0.2, 0) is 43.0 Å². The average Bonchev–Trinajstić information content (AvgIpc) is 2.22. The molecule has 0 bridgehead atoms. The summed E-state index contributed by atoms with van der Waals surface area (Å²) in [6.45, 7) is -0.0254. The fourth-order valence-electron chi connectivity index (χ4n) is 0.775. The van der Waals surface area contributed by atoms with Gasteiger partial charge in [-0.2, -0.15) is 0 Å². The summed E-state index contributed by atoms with van der Waals surface area (Å²) in [5, 5.41) is 0. The van der Waals surface area contributed by atoms with E-state index in [2.05, 4.69) is 9.98 Å². The van der Waals surface area contributed by atoms with Crippen LogP contribution in [-0.4, -0.2) is 41.9 Å². The molecule has 0 atom stereocenters. The van der Waals surface area contributed by atoms with E-state index < -0.39 is 26.1 Å². The van der Waals surface area contributed by atoms with Crippen LogP contribution in [0.25, 0.3) is 0 Å². The van der Waals surface area contributed by atoms with Gasteiger partial charge >= 0.3 is 16.5 Å². The molecule has 1 heterocycles. The summed E-state index contributed by atoms with van der Waals surface area (Å²) in [7, 11) is -9.11. The summed E-state index contributed by atoms with van der Waals surface area (Å²) in [6, 6.07) is 5.29. The zero-order chi connectivity index (χ0) is 14.9. The Morgan fingerprint density at radius 3 is 1.92 bits per heavy atom. The Bertz CT molecular complexity index is 490. The first-order chi connectivity index (χ1) is 8.58. The van der Waals surface area contributed by atoms with Gasteiger partial charge in [0.15, 0.2) is 0 Å². The van der Waals surface area contributed by atoms with Crippen molar-refractivity contribution in [1.82, 2.24) is 4.98 Å². The second-order valence-corrected chi connectivity index (χ2v) is 5.21. The quantitative estimate of drug-likeness (QED) is 0.184. The summed E-state index contributed by atoms with van der Waals surface area (Å²) in [4.78, 5) is 7.70. The van der Waals surface area contributed by atoms with Gasteiger partial charge in [-0.25, -0.2) is 27.1 Å². The molecule has 0 fully saturated rings. The van der Waals surface area contributed by atoms with E-state index in [1.54, 1.807) is 24.4 Å². The molecule has 16 heteroatoms. The molecule has 1 rings (SSSR count). The molecule has 13 nitrogen and oxygen atoms in total. The summed E-state index contributed by atoms with van der Waals surface area (Å²) in [5.74, 6) is -0.476. The van der Waals surface area contributed by atoms with Crippen molar-refractivity contribution in [3.8, 4) is 0 Å². The Kier molecular flexibility index (Phi) is 29.8. The predicted octanol–water partition coefficient (Wildman–Crippen LogP) is -8.30. The number of nitrogens with zero attached hydrogens (tertiary/aromatic N) is 2. The van der Waals surface area contributed by atoms with E-state index in [-0.39, 0.29) is 44.9 Å². The van der Waals surface area contributed by atoms with Crippen LogP contribution in [0.2, 0.25) is 0 Å². The van der Waals surface area contributed by atoms with Crippen LogP contribution >= 0.6 is 0 Å². The minimum Gasteiger partial charge on any atom is -0.748 e. The van der Waals surface area contributed by atoms with Gasteiger partial charge in [-0.05, 0) is 12.1 Å². The molecule has 0 unspecified atom stereocenters. The van der Waals surface area contributed by atoms with Gasteiger partial charge in [0, 0.05) is 12.4 Å². The van der Waals surface area contributed by atoms with Crippen LogP contribution in [0.15, 0.2) is 29.4 Å². The summed E-state index contributed by atoms with van der Waals surface area (Å²) >= 11 is 0. The Labute approximate surface area is 149 Å². The maximum Gasteiger partial charge on any atom is 2.00 e. The van der Waals surface area contributed by atoms with E-state index in [1.165, 1.54) is 6.21 Å². The number of pyridine rings is 1. The Morgan fingerprint density at radius 1 is 1.12 bits per heavy atom. The van der Waals surface area contributed by atoms with Crippen molar-refractivity contribution in [2.24, 2.45) is 4.99 Å². The van der Waals surface area contributed by atoms with Crippen LogP contribution < -0.4 is 18.6 Å². The minimum atomic E-state index is -4.94. The van der Waals surface area contributed by atoms with Gasteiger partial charge in [0.25, 0.3) is 0 Å². The zero-order valence-corrected chi connectivity index (χ0v) is 14.4. The van der Waals surface area contributed by atoms with Crippen molar-refractivity contribution < 1.29 is 80.2 Å². The summed E-state index contributed by atoms with van der Waals surface area (Å²) < 4.78 is 64.6. The van der Waals surface area contributed by atoms with Gasteiger partial charge < -0.3 is 26.5 Å². The number of hydrogen-bond acceptors (Lipinski definition) is 9. The molecule has 0 aliphatic heterocycles. The van der Waals surface area contributed by atoms with E-state index in [0.29, 0.717) is 5.69 Å². The van der Waals surface area contributed by atoms with Crippen LogP contribution in [0, 0.1) is 10.2 Å². The number of hydrogen-bond donors (Lipinski definition) is 0. The van der Waals surface area contributed by atoms with E-state index in [1.807, 2.05) is 0 Å². The van der Waals surface area contributed by atoms with Gasteiger partial charge in [-0.15, -0.1) is 10.2 Å². The van der Waals surface area contributed by atoms with Gasteiger partial charge in [0.1, 0.15) is 0 Å². The van der Waals surface area contributed by atoms with Crippen molar-refractivity contribution in [1.29, 1.82) is 0 Å². The summed E-state index contributed by atoms with van der Waals surface area (Å²) in [5.41, 5.74) is 0.635. The van der Waals surface area contributed by atoms with E-state index in [0.717, 1.165) is 0 Å². The molecular formula is C8H20ClN2NiO11S+3. The summed E-state index contributed by atoms with van der Waals surface area (Å²) in [6.07, 6.45) is 3.04. The number of aliphatic imine (C=N–C) groups is 1. The Balaban J connectivity index is -0.0000000725. The van der Waals surface area contributed by atoms with Crippen LogP contribution in [0.4, 0.5) is 0 Å². The third kappa shape index (κ3) is 37.4. The van der Waals surface area contributed by atoms with E-state index >= 15 is 0 Å². The van der Waals surface area contributed by atoms with Crippen LogP contribution in [0.5, 0.6) is 0 Å². The SMILES string of the molecule is O.O=S(=O)([O-])CCN=Cc1ccccn1.[Ni+2].[O-][Cl+3]([O-])([O-])[O-].[OH3+].[OH3+].[OH3+]. The van der Waals surface area contributed by atoms with E-state index in [4.69, 9.17) is 18.6 Å². The largest absolute Gasteiger partial charge is 2.00 e. The molecule has 0 radical (unpaired) electrons. The molecule has 148 valence electrons. The average molecular weight is 446 g/mol. The standard InChI is InChI=1S/C8H10N2O3S.ClHO4.Ni.4H2O/c11-14(12,13)6-5-9-7-8-3-1-2-4-10-8;2-1(3,4)5;;;;;/h1-4,7H,5-6H2,(H,11,12,13);(H,2,3,4,5);;4*1H2/q;;+2;;;;/p+1. The molecule has 0 spiro atoms. The third-order valence-corrected chi connectivity index (χ3v) is 2.06. The Morgan fingerprint density at radius 2 is 1.58 bits per heavy atom. The van der Waals surface area contributed by atoms with E-state index in [9.17, 15) is 13.0 Å². The molecule has 0 aromatic carbocycles. The normalized spacial score (nSPS) is 9.54. The van der Waals surface area contributed by atoms with Crippen molar-refractivity contribution in [2.75, 3.05) is 12.3 Å². The molecule has 0 aliphatic rings. The molecule has 0 saturated heterocycles. The van der Waals surface area contributed by atoms with Crippen molar-refractivity contribution in [2.45, 2.75) is 0 Å². The van der Waals surface area contributed by atoms with Crippen LogP contribution in [0.1, 0.15) is 5.69 Å². The maximum atomic E-state index is 10.2. The van der Waals surface area contributed by atoms with Gasteiger partial charge in [0.2, 0.25) is 0 Å². The first-order valence-electron chi connectivity index (χ1n) is 4.54. The molecule has 0 aliphatic carbocycles. The first-order valence-corrected chi connectivity index (χ1v) is 7.35. The van der Waals surface area contributed by atoms with Gasteiger partial charge in [-0.3, -0.25) is 9.98 Å². The molecule has 1 aromatic rings. The number of aromatic nitrogens is 1. The topological polar surface area (TPSA) is 305 Å². The predicted molar refractivity (Wildman–Crippen MR) is 69.5 cm³/mol. The van der Waals surface area contributed by atoms with Gasteiger partial charge in [-0.1, -0.05) is 6.07 Å². The molecule has 0 amide bonds. The second kappa shape index (κ2) is 18.5. The fourth-order valence-corrected chi connectivity index (χ4v) is 1.10. The zero-order valence-electron chi connectivity index (χ0n) is 11.9. The third-order valence-electron chi connectivity index (χ3n) is 1.38. The van der Waals surface area contributed by atoms with Crippen LogP contribution in [0.3, 0.4) is 0 Å². The van der Waals surface area contributed by atoms with Gasteiger partial charge in [0.05, 0.1) is 28.1 Å². The smallest absolute Gasteiger partial charge is 0.748 e. The van der Waals surface area contributed by atoms with Crippen molar-refractivity contribution >= 4 is 16.3 Å². The Hall–Kier alpha value is -0.806. The molecule has 0 saturated carbocycles. The molecule has 24 heavy (non-hydrogen) atoms.